The summed E-state index contributed by atoms with van der Waals surface area (Å²) in [7, 11) is 0. The van der Waals surface area contributed by atoms with Gasteiger partial charge in [-0.25, -0.2) is 0 Å². The molecular formula is C9H16O. The Hall–Kier alpha value is -0.520. The van der Waals surface area contributed by atoms with E-state index in [0.717, 1.165) is 18.4 Å². The summed E-state index contributed by atoms with van der Waals surface area (Å²) in [5, 5.41) is 8.69. The van der Waals surface area contributed by atoms with E-state index in [9.17, 15) is 0 Å². The van der Waals surface area contributed by atoms with Gasteiger partial charge in [-0.2, -0.15) is 0 Å². The van der Waals surface area contributed by atoms with Crippen molar-refractivity contribution >= 4 is 0 Å². The van der Waals surface area contributed by atoms with Gasteiger partial charge in [0.1, 0.15) is 0 Å². The molecule has 0 aromatic carbocycles. The zero-order valence-corrected chi connectivity index (χ0v) is 6.69. The fourth-order valence-corrected chi connectivity index (χ4v) is 0.812. The largest absolute Gasteiger partial charge is 0.391 e. The van der Waals surface area contributed by atoms with Gasteiger partial charge in [-0.05, 0) is 18.4 Å². The molecule has 0 aromatic heterocycles. The number of rotatable bonds is 5. The molecule has 0 radical (unpaired) electrons. The molecule has 10 heavy (non-hydrogen) atoms. The molecule has 0 unspecified atom stereocenters. The minimum atomic E-state index is 0.118. The van der Waals surface area contributed by atoms with Gasteiger partial charge < -0.3 is 5.11 Å². The van der Waals surface area contributed by atoms with Crippen molar-refractivity contribution in [2.24, 2.45) is 0 Å². The summed E-state index contributed by atoms with van der Waals surface area (Å²) >= 11 is 0. The topological polar surface area (TPSA) is 20.2 Å². The normalized spacial score (nSPS) is 9.00. The Kier molecular flexibility index (Phi) is 6.25. The Balaban J connectivity index is 3.37. The van der Waals surface area contributed by atoms with Gasteiger partial charge in [-0.3, -0.25) is 0 Å². The van der Waals surface area contributed by atoms with E-state index in [1.807, 2.05) is 0 Å². The minimum absolute atomic E-state index is 0.118. The fourth-order valence-electron chi connectivity index (χ4n) is 0.812. The van der Waals surface area contributed by atoms with Crippen LogP contribution in [0.5, 0.6) is 0 Å². The van der Waals surface area contributed by atoms with E-state index in [0.29, 0.717) is 0 Å². The highest BCUT2D eigenvalue weighted by Gasteiger charge is 1.92. The lowest BCUT2D eigenvalue weighted by molar-refractivity contribution is 0.326. The van der Waals surface area contributed by atoms with Crippen molar-refractivity contribution in [1.82, 2.24) is 0 Å². The molecule has 0 atom stereocenters. The summed E-state index contributed by atoms with van der Waals surface area (Å²) in [5.41, 5.74) is 3.67. The van der Waals surface area contributed by atoms with Crippen LogP contribution in [0.3, 0.4) is 0 Å². The van der Waals surface area contributed by atoms with E-state index in [-0.39, 0.29) is 6.61 Å². The van der Waals surface area contributed by atoms with Crippen LogP contribution in [0.25, 0.3) is 0 Å². The Morgan fingerprint density at radius 3 is 2.60 bits per heavy atom. The van der Waals surface area contributed by atoms with Crippen LogP contribution in [-0.4, -0.2) is 11.7 Å². The lowest BCUT2D eigenvalue weighted by atomic mass is 10.1. The van der Waals surface area contributed by atoms with Crippen LogP contribution < -0.4 is 0 Å². The van der Waals surface area contributed by atoms with E-state index in [1.165, 1.54) is 12.8 Å². The van der Waals surface area contributed by atoms with Crippen LogP contribution >= 0.6 is 0 Å². The molecule has 0 fully saturated rings. The van der Waals surface area contributed by atoms with Crippen LogP contribution in [-0.2, 0) is 0 Å². The molecule has 0 rings (SSSR count). The second-order valence-electron chi connectivity index (χ2n) is 2.40. The SMILES string of the molecule is C=C=C(CO)CCCCC. The van der Waals surface area contributed by atoms with E-state index in [2.05, 4.69) is 19.2 Å². The molecule has 0 heterocycles. The van der Waals surface area contributed by atoms with Crippen LogP contribution in [0.2, 0.25) is 0 Å². The maximum Gasteiger partial charge on any atom is 0.0715 e. The zero-order chi connectivity index (χ0) is 7.82. The molecule has 0 aliphatic rings. The van der Waals surface area contributed by atoms with Gasteiger partial charge >= 0.3 is 0 Å². The summed E-state index contributed by atoms with van der Waals surface area (Å²) in [4.78, 5) is 0. The highest BCUT2D eigenvalue weighted by atomic mass is 16.3. The Bertz CT molecular complexity index is 121. The quantitative estimate of drug-likeness (QED) is 0.459. The van der Waals surface area contributed by atoms with Crippen LogP contribution in [0.15, 0.2) is 17.9 Å². The molecule has 0 saturated carbocycles. The van der Waals surface area contributed by atoms with E-state index < -0.39 is 0 Å². The van der Waals surface area contributed by atoms with Crippen LogP contribution in [0.4, 0.5) is 0 Å². The zero-order valence-electron chi connectivity index (χ0n) is 6.69. The number of hydrogen-bond donors (Lipinski definition) is 1. The second kappa shape index (κ2) is 6.60. The number of unbranched alkanes of at least 4 members (excludes halogenated alkanes) is 2. The van der Waals surface area contributed by atoms with Crippen LogP contribution in [0, 0.1) is 0 Å². The first kappa shape index (κ1) is 9.48. The van der Waals surface area contributed by atoms with Gasteiger partial charge in [0.2, 0.25) is 0 Å². The maximum absolute atomic E-state index is 8.69. The highest BCUT2D eigenvalue weighted by molar-refractivity contribution is 4.98. The van der Waals surface area contributed by atoms with E-state index in [4.69, 9.17) is 5.11 Å². The van der Waals surface area contributed by atoms with Crippen molar-refractivity contribution in [3.63, 3.8) is 0 Å². The standard InChI is InChI=1S/C9H16O/c1-3-5-6-7-9(4-2)8-10/h10H,2-3,5-8H2,1H3. The van der Waals surface area contributed by atoms with E-state index >= 15 is 0 Å². The number of aliphatic hydroxyl groups is 1. The van der Waals surface area contributed by atoms with Crippen molar-refractivity contribution in [2.45, 2.75) is 32.6 Å². The Morgan fingerprint density at radius 2 is 2.20 bits per heavy atom. The Morgan fingerprint density at radius 1 is 1.50 bits per heavy atom. The number of hydrogen-bond acceptors (Lipinski definition) is 1. The molecule has 0 aromatic rings. The maximum atomic E-state index is 8.69. The third-order valence-corrected chi connectivity index (χ3v) is 1.52. The van der Waals surface area contributed by atoms with Gasteiger partial charge in [0.15, 0.2) is 0 Å². The molecular weight excluding hydrogens is 124 g/mol. The first-order chi connectivity index (χ1) is 4.85. The summed E-state index contributed by atoms with van der Waals surface area (Å²) < 4.78 is 0. The fraction of sp³-hybridized carbons (Fsp3) is 0.667. The third kappa shape index (κ3) is 4.37. The van der Waals surface area contributed by atoms with Crippen molar-refractivity contribution in [3.8, 4) is 0 Å². The van der Waals surface area contributed by atoms with Gasteiger partial charge in [0.25, 0.3) is 0 Å². The Labute approximate surface area is 63.1 Å². The molecule has 1 N–H and O–H groups in total. The van der Waals surface area contributed by atoms with Gasteiger partial charge in [0.05, 0.1) is 6.61 Å². The van der Waals surface area contributed by atoms with E-state index in [1.54, 1.807) is 0 Å². The monoisotopic (exact) mass is 140 g/mol. The molecule has 0 spiro atoms. The van der Waals surface area contributed by atoms with Crippen molar-refractivity contribution in [1.29, 1.82) is 0 Å². The van der Waals surface area contributed by atoms with Crippen LogP contribution in [0.1, 0.15) is 32.6 Å². The average Bonchev–Trinajstić information content (AvgIpc) is 1.99. The molecule has 0 aliphatic carbocycles. The predicted octanol–water partition coefficient (Wildman–Crippen LogP) is 2.27. The number of aliphatic hydroxyl groups excluding tert-OH is 1. The lowest BCUT2D eigenvalue weighted by Gasteiger charge is -1.98. The molecule has 0 bridgehead atoms. The molecule has 58 valence electrons. The first-order valence-corrected chi connectivity index (χ1v) is 3.83. The summed E-state index contributed by atoms with van der Waals surface area (Å²) in [6.45, 7) is 5.77. The van der Waals surface area contributed by atoms with Gasteiger partial charge in [0, 0.05) is 0 Å². The summed E-state index contributed by atoms with van der Waals surface area (Å²) in [5.74, 6) is 0. The smallest absolute Gasteiger partial charge is 0.0715 e. The second-order valence-corrected chi connectivity index (χ2v) is 2.40. The molecule has 0 saturated heterocycles. The molecule has 0 amide bonds. The average molecular weight is 140 g/mol. The predicted molar refractivity (Wildman–Crippen MR) is 43.9 cm³/mol. The molecule has 1 heteroatoms. The summed E-state index contributed by atoms with van der Waals surface area (Å²) in [6.07, 6.45) is 4.55. The van der Waals surface area contributed by atoms with Gasteiger partial charge in [-0.1, -0.05) is 26.3 Å². The summed E-state index contributed by atoms with van der Waals surface area (Å²) in [6, 6.07) is 0. The van der Waals surface area contributed by atoms with Crippen molar-refractivity contribution in [2.75, 3.05) is 6.61 Å². The first-order valence-electron chi connectivity index (χ1n) is 3.83. The van der Waals surface area contributed by atoms with Crippen molar-refractivity contribution < 1.29 is 5.11 Å². The molecule has 0 aliphatic heterocycles. The lowest BCUT2D eigenvalue weighted by Crippen LogP contribution is -1.88. The third-order valence-electron chi connectivity index (χ3n) is 1.52. The highest BCUT2D eigenvalue weighted by Crippen LogP contribution is 2.05. The minimum Gasteiger partial charge on any atom is -0.391 e. The molecule has 1 nitrogen and oxygen atoms in total. The van der Waals surface area contributed by atoms with Gasteiger partial charge in [-0.15, -0.1) is 5.73 Å². The van der Waals surface area contributed by atoms with Crippen molar-refractivity contribution in [3.05, 3.63) is 17.9 Å².